The van der Waals surface area contributed by atoms with E-state index in [4.69, 9.17) is 0 Å². The minimum atomic E-state index is -0.540. The molecular formula is C23H16N2O3. The van der Waals surface area contributed by atoms with Gasteiger partial charge in [-0.3, -0.25) is 14.9 Å². The van der Waals surface area contributed by atoms with Gasteiger partial charge in [0.25, 0.3) is 5.69 Å². The van der Waals surface area contributed by atoms with Crippen molar-refractivity contribution in [2.75, 3.05) is 0 Å². The van der Waals surface area contributed by atoms with Crippen molar-refractivity contribution in [3.8, 4) is 11.3 Å². The van der Waals surface area contributed by atoms with Gasteiger partial charge in [0.2, 0.25) is 0 Å². The van der Waals surface area contributed by atoms with Gasteiger partial charge in [0.1, 0.15) is 0 Å². The van der Waals surface area contributed by atoms with Crippen LogP contribution in [0.5, 0.6) is 0 Å². The second kappa shape index (κ2) is 7.32. The molecule has 1 aromatic heterocycles. The Morgan fingerprint density at radius 2 is 1.57 bits per heavy atom. The van der Waals surface area contributed by atoms with Gasteiger partial charge in [-0.05, 0) is 29.8 Å². The lowest BCUT2D eigenvalue weighted by atomic mass is 10.0. The van der Waals surface area contributed by atoms with Gasteiger partial charge in [-0.15, -0.1) is 0 Å². The van der Waals surface area contributed by atoms with E-state index < -0.39 is 10.7 Å². The molecule has 0 radical (unpaired) electrons. The summed E-state index contributed by atoms with van der Waals surface area (Å²) in [6.07, 6.45) is 3.12. The van der Waals surface area contributed by atoms with E-state index in [9.17, 15) is 14.9 Å². The molecule has 0 saturated heterocycles. The van der Waals surface area contributed by atoms with Crippen molar-refractivity contribution in [2.45, 2.75) is 0 Å². The number of fused-ring (bicyclic) bond motifs is 1. The lowest BCUT2D eigenvalue weighted by Gasteiger charge is -2.01. The second-order valence-electron chi connectivity index (χ2n) is 6.30. The summed E-state index contributed by atoms with van der Waals surface area (Å²) in [6.45, 7) is 0. The van der Waals surface area contributed by atoms with Gasteiger partial charge in [-0.1, -0.05) is 60.7 Å². The Labute approximate surface area is 161 Å². The number of aromatic amines is 1. The highest BCUT2D eigenvalue weighted by molar-refractivity contribution is 6.11. The first-order chi connectivity index (χ1) is 13.6. The van der Waals surface area contributed by atoms with Crippen molar-refractivity contribution in [1.82, 2.24) is 4.98 Å². The number of nitro groups is 1. The van der Waals surface area contributed by atoms with Gasteiger partial charge in [0.15, 0.2) is 5.78 Å². The molecule has 0 saturated carbocycles. The zero-order valence-corrected chi connectivity index (χ0v) is 14.8. The van der Waals surface area contributed by atoms with E-state index in [2.05, 4.69) is 4.98 Å². The summed E-state index contributed by atoms with van der Waals surface area (Å²) in [7, 11) is 0. The molecule has 0 bridgehead atoms. The van der Waals surface area contributed by atoms with Gasteiger partial charge in [0.05, 0.1) is 16.2 Å². The van der Waals surface area contributed by atoms with Crippen LogP contribution in [0.3, 0.4) is 0 Å². The number of hydrogen-bond acceptors (Lipinski definition) is 3. The molecule has 0 unspecified atom stereocenters. The van der Waals surface area contributed by atoms with E-state index in [1.807, 2.05) is 54.6 Å². The molecule has 4 aromatic rings. The number of nitrogens with zero attached hydrogens (tertiary/aromatic N) is 1. The molecule has 1 heterocycles. The smallest absolute Gasteiger partial charge is 0.280 e. The number of allylic oxidation sites excluding steroid dienone is 1. The highest BCUT2D eigenvalue weighted by Gasteiger charge is 2.17. The van der Waals surface area contributed by atoms with Crippen LogP contribution in [0.15, 0.2) is 84.9 Å². The third kappa shape index (κ3) is 3.21. The SMILES string of the molecule is O=C(C=Cc1c(-c2ccccc2)[nH]c2ccccc12)c1ccccc1[N+](=O)[O-]. The third-order valence-electron chi connectivity index (χ3n) is 4.58. The van der Waals surface area contributed by atoms with Crippen molar-refractivity contribution in [3.05, 3.63) is 106 Å². The van der Waals surface area contributed by atoms with Crippen LogP contribution in [0.1, 0.15) is 15.9 Å². The monoisotopic (exact) mass is 368 g/mol. The fraction of sp³-hybridized carbons (Fsp3) is 0. The second-order valence-corrected chi connectivity index (χ2v) is 6.30. The molecule has 0 aliphatic rings. The van der Waals surface area contributed by atoms with Crippen LogP contribution >= 0.6 is 0 Å². The van der Waals surface area contributed by atoms with Crippen LogP contribution < -0.4 is 0 Å². The van der Waals surface area contributed by atoms with Crippen LogP contribution in [0.4, 0.5) is 5.69 Å². The highest BCUT2D eigenvalue weighted by Crippen LogP contribution is 2.31. The summed E-state index contributed by atoms with van der Waals surface area (Å²) >= 11 is 0. The Morgan fingerprint density at radius 3 is 2.36 bits per heavy atom. The molecule has 0 aliphatic heterocycles. The predicted molar refractivity (Wildman–Crippen MR) is 110 cm³/mol. The number of para-hydroxylation sites is 2. The Balaban J connectivity index is 1.80. The molecule has 1 N–H and O–H groups in total. The van der Waals surface area contributed by atoms with Crippen molar-refractivity contribution in [2.24, 2.45) is 0 Å². The number of carbonyl (C=O) groups excluding carboxylic acids is 1. The first kappa shape index (κ1) is 17.4. The summed E-state index contributed by atoms with van der Waals surface area (Å²) in [5.74, 6) is -0.406. The summed E-state index contributed by atoms with van der Waals surface area (Å²) in [4.78, 5) is 26.7. The lowest BCUT2D eigenvalue weighted by molar-refractivity contribution is -0.385. The first-order valence-corrected chi connectivity index (χ1v) is 8.77. The van der Waals surface area contributed by atoms with Crippen LogP contribution in [0.2, 0.25) is 0 Å². The summed E-state index contributed by atoms with van der Waals surface area (Å²) in [6, 6.07) is 23.6. The standard InChI is InChI=1S/C23H16N2O3/c26-22(19-11-5-7-13-21(19)25(27)28)15-14-18-17-10-4-6-12-20(17)24-23(18)16-8-2-1-3-9-16/h1-15,24H. The van der Waals surface area contributed by atoms with Crippen molar-refractivity contribution < 1.29 is 9.72 Å². The molecule has 0 spiro atoms. The Hall–Kier alpha value is -3.99. The van der Waals surface area contributed by atoms with E-state index in [0.717, 1.165) is 27.7 Å². The number of rotatable bonds is 5. The van der Waals surface area contributed by atoms with Gasteiger partial charge >= 0.3 is 0 Å². The largest absolute Gasteiger partial charge is 0.354 e. The van der Waals surface area contributed by atoms with E-state index in [-0.39, 0.29) is 11.3 Å². The Morgan fingerprint density at radius 1 is 0.893 bits per heavy atom. The van der Waals surface area contributed by atoms with Gasteiger partial charge in [-0.25, -0.2) is 0 Å². The van der Waals surface area contributed by atoms with Gasteiger partial charge < -0.3 is 4.98 Å². The van der Waals surface area contributed by atoms with Gasteiger partial charge in [0, 0.05) is 22.5 Å². The maximum Gasteiger partial charge on any atom is 0.280 e. The van der Waals surface area contributed by atoms with Crippen LogP contribution in [0.25, 0.3) is 28.2 Å². The molecule has 3 aromatic carbocycles. The van der Waals surface area contributed by atoms with Crippen LogP contribution in [-0.2, 0) is 0 Å². The number of H-pyrrole nitrogens is 1. The highest BCUT2D eigenvalue weighted by atomic mass is 16.6. The number of carbonyl (C=O) groups is 1. The van der Waals surface area contributed by atoms with Gasteiger partial charge in [-0.2, -0.15) is 0 Å². The average Bonchev–Trinajstić information content (AvgIpc) is 3.11. The molecule has 5 heteroatoms. The quantitative estimate of drug-likeness (QED) is 0.214. The van der Waals surface area contributed by atoms with E-state index in [1.165, 1.54) is 18.2 Å². The fourth-order valence-corrected chi connectivity index (χ4v) is 3.26. The van der Waals surface area contributed by atoms with E-state index >= 15 is 0 Å². The molecule has 0 aliphatic carbocycles. The Kier molecular flexibility index (Phi) is 4.56. The number of aromatic nitrogens is 1. The number of nitrogens with one attached hydrogen (secondary N) is 1. The normalized spacial score (nSPS) is 11.1. The fourth-order valence-electron chi connectivity index (χ4n) is 3.26. The zero-order chi connectivity index (χ0) is 19.5. The number of ketones is 1. The molecule has 0 fully saturated rings. The molecule has 0 atom stereocenters. The summed E-state index contributed by atoms with van der Waals surface area (Å²) in [5.41, 5.74) is 3.60. The zero-order valence-electron chi connectivity index (χ0n) is 14.8. The molecule has 136 valence electrons. The summed E-state index contributed by atoms with van der Waals surface area (Å²) < 4.78 is 0. The topological polar surface area (TPSA) is 76.0 Å². The maximum atomic E-state index is 12.6. The predicted octanol–water partition coefficient (Wildman–Crippen LogP) is 5.64. The Bertz CT molecular complexity index is 1210. The molecule has 28 heavy (non-hydrogen) atoms. The lowest BCUT2D eigenvalue weighted by Crippen LogP contribution is -2.00. The van der Waals surface area contributed by atoms with Crippen LogP contribution in [0, 0.1) is 10.1 Å². The van der Waals surface area contributed by atoms with E-state index in [0.29, 0.717) is 0 Å². The molecule has 5 nitrogen and oxygen atoms in total. The molecular weight excluding hydrogens is 352 g/mol. The van der Waals surface area contributed by atoms with Crippen LogP contribution in [-0.4, -0.2) is 15.7 Å². The molecule has 0 amide bonds. The maximum absolute atomic E-state index is 12.6. The van der Waals surface area contributed by atoms with Crippen molar-refractivity contribution >= 4 is 28.4 Å². The number of hydrogen-bond donors (Lipinski definition) is 1. The minimum Gasteiger partial charge on any atom is -0.354 e. The third-order valence-corrected chi connectivity index (χ3v) is 4.58. The minimum absolute atomic E-state index is 0.0739. The molecule has 4 rings (SSSR count). The van der Waals surface area contributed by atoms with Crippen molar-refractivity contribution in [3.63, 3.8) is 0 Å². The first-order valence-electron chi connectivity index (χ1n) is 8.77. The average molecular weight is 368 g/mol. The number of benzene rings is 3. The summed E-state index contributed by atoms with van der Waals surface area (Å²) in [5, 5.41) is 12.2. The van der Waals surface area contributed by atoms with Crippen molar-refractivity contribution in [1.29, 1.82) is 0 Å². The van der Waals surface area contributed by atoms with E-state index in [1.54, 1.807) is 18.2 Å². The number of nitro benzene ring substituents is 1.